The third-order valence-corrected chi connectivity index (χ3v) is 0.319. The highest BCUT2D eigenvalue weighted by molar-refractivity contribution is 4.93. The second-order valence-corrected chi connectivity index (χ2v) is 0.754. The van der Waals surface area contributed by atoms with Crippen molar-refractivity contribution < 1.29 is 4.74 Å². The average Bonchev–Trinajstić information content (AvgIpc) is 1.61. The van der Waals surface area contributed by atoms with Gasteiger partial charge in [0.15, 0.2) is 0 Å². The summed E-state index contributed by atoms with van der Waals surface area (Å²) in [6.07, 6.45) is 0. The second-order valence-electron chi connectivity index (χ2n) is 0.754. The Balaban J connectivity index is 2.79. The first-order chi connectivity index (χ1) is 2.91. The Labute approximate surface area is 37.3 Å². The number of methoxy groups -OCH3 is 1. The molecule has 34 valence electrons. The zero-order valence-electron chi connectivity index (χ0n) is 3.69. The van der Waals surface area contributed by atoms with Gasteiger partial charge in [0.05, 0.1) is 0 Å². The van der Waals surface area contributed by atoms with E-state index < -0.39 is 0 Å². The van der Waals surface area contributed by atoms with Crippen molar-refractivity contribution in [1.29, 1.82) is 0 Å². The van der Waals surface area contributed by atoms with Crippen LogP contribution in [0.3, 0.4) is 0 Å². The van der Waals surface area contributed by atoms with E-state index in [1.165, 1.54) is 0 Å². The summed E-state index contributed by atoms with van der Waals surface area (Å²) in [4.78, 5) is 0. The number of ether oxygens (including phenoxy) is 1. The predicted octanol–water partition coefficient (Wildman–Crippen LogP) is -0.448. The van der Waals surface area contributed by atoms with Crippen molar-refractivity contribution in [2.45, 2.75) is 0 Å². The molecule has 2 nitrogen and oxygen atoms in total. The van der Waals surface area contributed by atoms with Crippen LogP contribution in [0, 0.1) is 12.0 Å². The average molecular weight is 85.1 g/mol. The normalized spacial score (nSPS) is 6.17. The fourth-order valence-corrected chi connectivity index (χ4v) is 0.114. The molecule has 0 spiro atoms. The molecule has 0 aliphatic rings. The van der Waals surface area contributed by atoms with Crippen LogP contribution in [0.4, 0.5) is 0 Å². The Morgan fingerprint density at radius 1 is 1.83 bits per heavy atom. The van der Waals surface area contributed by atoms with E-state index in [1.807, 2.05) is 0 Å². The molecule has 0 fully saturated rings. The molecule has 0 aromatic heterocycles. The molecule has 2 N–H and O–H groups in total. The van der Waals surface area contributed by atoms with Crippen LogP contribution < -0.4 is 5.73 Å². The summed E-state index contributed by atoms with van der Waals surface area (Å²) < 4.78 is 4.53. The molecule has 0 aliphatic heterocycles. The van der Waals surface area contributed by atoms with E-state index >= 15 is 0 Å². The summed E-state index contributed by atoms with van der Waals surface area (Å²) in [7, 11) is 1.57. The van der Waals surface area contributed by atoms with Crippen molar-refractivity contribution in [3.8, 4) is 12.0 Å². The van der Waals surface area contributed by atoms with E-state index in [0.29, 0.717) is 6.61 Å². The molecular weight excluding hydrogens is 78.0 g/mol. The van der Waals surface area contributed by atoms with Crippen LogP contribution in [0.25, 0.3) is 0 Å². The van der Waals surface area contributed by atoms with Gasteiger partial charge in [-0.1, -0.05) is 5.92 Å². The number of hydrogen-bond donors (Lipinski definition) is 1. The van der Waals surface area contributed by atoms with Gasteiger partial charge in [-0.25, -0.2) is 0 Å². The molecule has 0 aliphatic carbocycles. The lowest BCUT2D eigenvalue weighted by molar-refractivity contribution is 0.239. The van der Waals surface area contributed by atoms with Gasteiger partial charge in [-0.15, -0.1) is 0 Å². The van der Waals surface area contributed by atoms with E-state index in [0.717, 1.165) is 0 Å². The maximum atomic E-state index is 4.77. The maximum Gasteiger partial charge on any atom is 0.109 e. The van der Waals surface area contributed by atoms with E-state index in [-0.39, 0.29) is 0 Å². The summed E-state index contributed by atoms with van der Waals surface area (Å²) in [5, 5.41) is 0. The monoisotopic (exact) mass is 85.1 g/mol. The lowest BCUT2D eigenvalue weighted by Crippen LogP contribution is -1.84. The molecule has 0 aromatic rings. The summed E-state index contributed by atoms with van der Waals surface area (Å²) in [5.74, 6) is 2.50. The molecule has 0 bridgehead atoms. The number of rotatable bonds is 1. The van der Waals surface area contributed by atoms with Crippen molar-refractivity contribution in [2.75, 3.05) is 13.7 Å². The van der Waals surface area contributed by atoms with Crippen LogP contribution in [0.2, 0.25) is 0 Å². The molecule has 0 radical (unpaired) electrons. The molecule has 0 atom stereocenters. The van der Waals surface area contributed by atoms with Crippen molar-refractivity contribution in [1.82, 2.24) is 0 Å². The van der Waals surface area contributed by atoms with Gasteiger partial charge in [-0.05, 0) is 0 Å². The molecule has 6 heavy (non-hydrogen) atoms. The van der Waals surface area contributed by atoms with Crippen molar-refractivity contribution in [2.24, 2.45) is 5.73 Å². The van der Waals surface area contributed by atoms with Gasteiger partial charge >= 0.3 is 0 Å². The second kappa shape index (κ2) is 4.32. The highest BCUT2D eigenvalue weighted by Crippen LogP contribution is 1.55. The van der Waals surface area contributed by atoms with Crippen molar-refractivity contribution in [3.63, 3.8) is 0 Å². The van der Waals surface area contributed by atoms with Crippen molar-refractivity contribution >= 4 is 0 Å². The minimum Gasteiger partial charge on any atom is -0.372 e. The number of hydrogen-bond acceptors (Lipinski definition) is 2. The molecule has 0 saturated heterocycles. The maximum absolute atomic E-state index is 4.77. The minimum atomic E-state index is 0.427. The van der Waals surface area contributed by atoms with Crippen LogP contribution in [0.15, 0.2) is 0 Å². The zero-order chi connectivity index (χ0) is 4.83. The summed E-state index contributed by atoms with van der Waals surface area (Å²) in [6, 6.07) is 2.19. The molecular formula is C4H7NO. The fraction of sp³-hybridized carbons (Fsp3) is 0.500. The standard InChI is InChI=1S/C4H7NO/c1-6-4-2-3-5/h4-5H2,1H3. The Hall–Kier alpha value is -0.680. The molecule has 0 saturated carbocycles. The highest BCUT2D eigenvalue weighted by atomic mass is 16.5. The molecule has 0 rings (SSSR count). The van der Waals surface area contributed by atoms with Gasteiger partial charge in [-0.3, -0.25) is 0 Å². The number of nitrogens with two attached hydrogens (primary N) is 1. The van der Waals surface area contributed by atoms with Gasteiger partial charge in [0.2, 0.25) is 0 Å². The van der Waals surface area contributed by atoms with Crippen LogP contribution in [-0.4, -0.2) is 13.7 Å². The Bertz CT molecular complexity index is 69.4. The molecule has 0 heterocycles. The quantitative estimate of drug-likeness (QED) is 0.346. The van der Waals surface area contributed by atoms with Crippen LogP contribution in [-0.2, 0) is 4.74 Å². The predicted molar refractivity (Wildman–Crippen MR) is 23.8 cm³/mol. The molecule has 0 amide bonds. The molecule has 0 unspecified atom stereocenters. The highest BCUT2D eigenvalue weighted by Gasteiger charge is 1.60. The largest absolute Gasteiger partial charge is 0.372 e. The summed E-state index contributed by atoms with van der Waals surface area (Å²) in [5.41, 5.74) is 4.77. The van der Waals surface area contributed by atoms with Gasteiger partial charge in [0.25, 0.3) is 0 Å². The third-order valence-electron chi connectivity index (χ3n) is 0.319. The van der Waals surface area contributed by atoms with E-state index in [2.05, 4.69) is 16.7 Å². The SMILES string of the molecule is COCC#CN. The van der Waals surface area contributed by atoms with Gasteiger partial charge in [0.1, 0.15) is 6.61 Å². The van der Waals surface area contributed by atoms with Crippen LogP contribution in [0.1, 0.15) is 0 Å². The smallest absolute Gasteiger partial charge is 0.109 e. The first kappa shape index (κ1) is 5.32. The summed E-state index contributed by atoms with van der Waals surface area (Å²) in [6.45, 7) is 0.427. The van der Waals surface area contributed by atoms with E-state index in [9.17, 15) is 0 Å². The third kappa shape index (κ3) is 3.32. The van der Waals surface area contributed by atoms with E-state index in [1.54, 1.807) is 7.11 Å². The zero-order valence-corrected chi connectivity index (χ0v) is 3.69. The minimum absolute atomic E-state index is 0.427. The van der Waals surface area contributed by atoms with Crippen LogP contribution in [0.5, 0.6) is 0 Å². The Morgan fingerprint density at radius 2 is 2.50 bits per heavy atom. The lowest BCUT2D eigenvalue weighted by Gasteiger charge is -1.77. The van der Waals surface area contributed by atoms with E-state index in [4.69, 9.17) is 5.73 Å². The Morgan fingerprint density at radius 3 is 2.67 bits per heavy atom. The van der Waals surface area contributed by atoms with Crippen LogP contribution >= 0.6 is 0 Å². The molecule has 2 heteroatoms. The Kier molecular flexibility index (Phi) is 3.83. The van der Waals surface area contributed by atoms with Gasteiger partial charge < -0.3 is 10.5 Å². The molecule has 0 aromatic carbocycles. The lowest BCUT2D eigenvalue weighted by atomic mass is 10.7. The van der Waals surface area contributed by atoms with Gasteiger partial charge in [-0.2, -0.15) is 0 Å². The topological polar surface area (TPSA) is 35.2 Å². The first-order valence-electron chi connectivity index (χ1n) is 1.59. The van der Waals surface area contributed by atoms with Crippen molar-refractivity contribution in [3.05, 3.63) is 0 Å². The first-order valence-corrected chi connectivity index (χ1v) is 1.59. The fourth-order valence-electron chi connectivity index (χ4n) is 0.114. The van der Waals surface area contributed by atoms with Gasteiger partial charge in [0, 0.05) is 13.2 Å². The summed E-state index contributed by atoms with van der Waals surface area (Å²) >= 11 is 0.